The summed E-state index contributed by atoms with van der Waals surface area (Å²) in [5, 5.41) is 4.12. The molecule has 21 heavy (non-hydrogen) atoms. The molecule has 0 amide bonds. The van der Waals surface area contributed by atoms with E-state index in [1.54, 1.807) is 0 Å². The minimum Gasteiger partial charge on any atom is -0.338 e. The lowest BCUT2D eigenvalue weighted by molar-refractivity contribution is 0.135. The van der Waals surface area contributed by atoms with Crippen LogP contribution in [0.4, 0.5) is 0 Å². The van der Waals surface area contributed by atoms with Gasteiger partial charge in [-0.1, -0.05) is 5.16 Å². The normalized spacial score (nSPS) is 20.5. The summed E-state index contributed by atoms with van der Waals surface area (Å²) in [6.07, 6.45) is 2.40. The highest BCUT2D eigenvalue weighted by Crippen LogP contribution is 2.38. The van der Waals surface area contributed by atoms with Crippen LogP contribution in [0.2, 0.25) is 0 Å². The van der Waals surface area contributed by atoms with Gasteiger partial charge >= 0.3 is 0 Å². The maximum absolute atomic E-state index is 5.47. The van der Waals surface area contributed by atoms with Crippen LogP contribution in [0.1, 0.15) is 60.7 Å². The van der Waals surface area contributed by atoms with Gasteiger partial charge in [-0.15, -0.1) is 0 Å². The first-order chi connectivity index (χ1) is 10.1. The van der Waals surface area contributed by atoms with Crippen LogP contribution in [0, 0.1) is 13.8 Å². The summed E-state index contributed by atoms with van der Waals surface area (Å²) in [5.41, 5.74) is 2.42. The molecular formula is C15H21N5O. The molecule has 0 N–H and O–H groups in total. The molecule has 1 saturated carbocycles. The molecule has 2 aromatic rings. The summed E-state index contributed by atoms with van der Waals surface area (Å²) in [4.78, 5) is 11.6. The second kappa shape index (κ2) is 4.66. The minimum absolute atomic E-state index is 0.149. The van der Waals surface area contributed by atoms with Crippen molar-refractivity contribution in [2.24, 2.45) is 0 Å². The Morgan fingerprint density at radius 1 is 1.19 bits per heavy atom. The summed E-state index contributed by atoms with van der Waals surface area (Å²) >= 11 is 0. The Labute approximate surface area is 124 Å². The van der Waals surface area contributed by atoms with Gasteiger partial charge in [-0.3, -0.25) is 4.90 Å². The second-order valence-corrected chi connectivity index (χ2v) is 6.26. The summed E-state index contributed by atoms with van der Waals surface area (Å²) < 4.78 is 7.79. The molecule has 3 heterocycles. The average molecular weight is 287 g/mol. The van der Waals surface area contributed by atoms with Crippen molar-refractivity contribution in [2.75, 3.05) is 6.54 Å². The molecule has 0 saturated heterocycles. The van der Waals surface area contributed by atoms with E-state index in [-0.39, 0.29) is 6.04 Å². The summed E-state index contributed by atoms with van der Waals surface area (Å²) in [5.74, 6) is 3.32. The van der Waals surface area contributed by atoms with Crippen LogP contribution in [-0.4, -0.2) is 31.1 Å². The van der Waals surface area contributed by atoms with Gasteiger partial charge in [0.25, 0.3) is 0 Å². The molecule has 1 aliphatic carbocycles. The van der Waals surface area contributed by atoms with E-state index in [9.17, 15) is 0 Å². The summed E-state index contributed by atoms with van der Waals surface area (Å²) in [6, 6.07) is 0.149. The first-order valence-electron chi connectivity index (χ1n) is 7.73. The summed E-state index contributed by atoms with van der Waals surface area (Å²) in [6.45, 7) is 9.18. The van der Waals surface area contributed by atoms with Gasteiger partial charge < -0.3 is 9.09 Å². The van der Waals surface area contributed by atoms with Crippen molar-refractivity contribution in [3.05, 3.63) is 28.9 Å². The van der Waals surface area contributed by atoms with Crippen LogP contribution in [0.3, 0.4) is 0 Å². The molecule has 4 rings (SSSR count). The minimum atomic E-state index is 0.149. The molecule has 1 unspecified atom stereocenters. The van der Waals surface area contributed by atoms with E-state index in [0.717, 1.165) is 42.9 Å². The van der Waals surface area contributed by atoms with Gasteiger partial charge in [0.2, 0.25) is 5.89 Å². The molecule has 1 aliphatic heterocycles. The Hall–Kier alpha value is -1.69. The lowest BCUT2D eigenvalue weighted by Gasteiger charge is -2.31. The maximum atomic E-state index is 5.47. The van der Waals surface area contributed by atoms with E-state index in [0.29, 0.717) is 5.92 Å². The second-order valence-electron chi connectivity index (χ2n) is 6.26. The van der Waals surface area contributed by atoms with Gasteiger partial charge in [0.05, 0.1) is 18.3 Å². The lowest BCUT2D eigenvalue weighted by atomic mass is 10.2. The highest BCUT2D eigenvalue weighted by atomic mass is 16.5. The number of nitrogens with zero attached hydrogens (tertiary/aromatic N) is 5. The van der Waals surface area contributed by atoms with Gasteiger partial charge in [-0.2, -0.15) is 4.98 Å². The maximum Gasteiger partial charge on any atom is 0.243 e. The molecule has 0 aromatic carbocycles. The average Bonchev–Trinajstić information content (AvgIpc) is 3.15. The van der Waals surface area contributed by atoms with Crippen LogP contribution < -0.4 is 0 Å². The molecule has 1 atom stereocenters. The van der Waals surface area contributed by atoms with Gasteiger partial charge in [0.1, 0.15) is 5.82 Å². The fourth-order valence-corrected chi connectivity index (χ4v) is 3.04. The Bertz CT molecular complexity index is 670. The van der Waals surface area contributed by atoms with Crippen LogP contribution in [0.5, 0.6) is 0 Å². The van der Waals surface area contributed by atoms with Gasteiger partial charge in [0, 0.05) is 24.7 Å². The third kappa shape index (κ3) is 2.18. The number of hydrogen-bond acceptors (Lipinski definition) is 5. The predicted octanol–water partition coefficient (Wildman–Crippen LogP) is 2.34. The number of imidazole rings is 1. The molecule has 2 aliphatic rings. The van der Waals surface area contributed by atoms with E-state index >= 15 is 0 Å². The van der Waals surface area contributed by atoms with Crippen molar-refractivity contribution in [3.8, 4) is 0 Å². The Balaban J connectivity index is 1.53. The van der Waals surface area contributed by atoms with Gasteiger partial charge in [0.15, 0.2) is 5.82 Å². The molecule has 0 bridgehead atoms. The van der Waals surface area contributed by atoms with Crippen molar-refractivity contribution in [3.63, 3.8) is 0 Å². The van der Waals surface area contributed by atoms with Crippen molar-refractivity contribution < 1.29 is 4.52 Å². The number of rotatable bonds is 3. The first-order valence-corrected chi connectivity index (χ1v) is 7.73. The lowest BCUT2D eigenvalue weighted by Crippen LogP contribution is -2.36. The fourth-order valence-electron chi connectivity index (χ4n) is 3.04. The Morgan fingerprint density at radius 2 is 2.00 bits per heavy atom. The van der Waals surface area contributed by atoms with E-state index in [1.165, 1.54) is 18.5 Å². The number of hydrogen-bond donors (Lipinski definition) is 0. The third-order valence-electron chi connectivity index (χ3n) is 4.80. The summed E-state index contributed by atoms with van der Waals surface area (Å²) in [7, 11) is 0. The molecule has 6 heteroatoms. The molecule has 0 radical (unpaired) electrons. The molecular weight excluding hydrogens is 266 g/mol. The molecule has 2 aromatic heterocycles. The quantitative estimate of drug-likeness (QED) is 0.867. The van der Waals surface area contributed by atoms with Crippen molar-refractivity contribution in [1.29, 1.82) is 0 Å². The fraction of sp³-hybridized carbons (Fsp3) is 0.667. The van der Waals surface area contributed by atoms with Gasteiger partial charge in [-0.25, -0.2) is 4.98 Å². The number of aromatic nitrogens is 4. The van der Waals surface area contributed by atoms with E-state index in [2.05, 4.69) is 45.4 Å². The number of aryl methyl sites for hydroxylation is 1. The first kappa shape index (κ1) is 13.0. The molecule has 0 spiro atoms. The number of fused-ring (bicyclic) bond motifs is 1. The monoisotopic (exact) mass is 287 g/mol. The van der Waals surface area contributed by atoms with E-state index in [1.807, 2.05) is 0 Å². The third-order valence-corrected chi connectivity index (χ3v) is 4.80. The Morgan fingerprint density at radius 3 is 2.76 bits per heavy atom. The van der Waals surface area contributed by atoms with Crippen molar-refractivity contribution >= 4 is 0 Å². The Kier molecular flexibility index (Phi) is 2.89. The topological polar surface area (TPSA) is 60.0 Å². The molecule has 6 nitrogen and oxygen atoms in total. The van der Waals surface area contributed by atoms with E-state index in [4.69, 9.17) is 4.52 Å². The van der Waals surface area contributed by atoms with Crippen molar-refractivity contribution in [1.82, 2.24) is 24.6 Å². The highest BCUT2D eigenvalue weighted by molar-refractivity contribution is 5.16. The van der Waals surface area contributed by atoms with Crippen LogP contribution in [-0.2, 0) is 13.1 Å². The van der Waals surface area contributed by atoms with Crippen LogP contribution >= 0.6 is 0 Å². The molecule has 1 fully saturated rings. The highest BCUT2D eigenvalue weighted by Gasteiger charge is 2.32. The SMILES string of the molecule is Cc1nc2n(c1C)CCN(C(C)c1nc(C3CC3)no1)C2. The van der Waals surface area contributed by atoms with Crippen molar-refractivity contribution in [2.45, 2.75) is 58.7 Å². The zero-order valence-corrected chi connectivity index (χ0v) is 12.8. The smallest absolute Gasteiger partial charge is 0.243 e. The zero-order chi connectivity index (χ0) is 14.6. The standard InChI is InChI=1S/C15H21N5O/c1-9-10(2)20-7-6-19(8-13(20)16-9)11(3)15-17-14(18-21-15)12-4-5-12/h11-12H,4-8H2,1-3H3. The van der Waals surface area contributed by atoms with E-state index < -0.39 is 0 Å². The largest absolute Gasteiger partial charge is 0.338 e. The van der Waals surface area contributed by atoms with Crippen LogP contribution in [0.15, 0.2) is 4.52 Å². The van der Waals surface area contributed by atoms with Crippen LogP contribution in [0.25, 0.3) is 0 Å². The zero-order valence-electron chi connectivity index (χ0n) is 12.8. The van der Waals surface area contributed by atoms with Gasteiger partial charge in [-0.05, 0) is 33.6 Å². The molecule has 112 valence electrons. The predicted molar refractivity (Wildman–Crippen MR) is 76.8 cm³/mol.